The number of carbonyl (C=O) groups is 2. The van der Waals surface area contributed by atoms with E-state index in [0.717, 1.165) is 18.8 Å². The van der Waals surface area contributed by atoms with Gasteiger partial charge in [-0.1, -0.05) is 18.2 Å². The van der Waals surface area contributed by atoms with Gasteiger partial charge in [-0.2, -0.15) is 0 Å². The SMILES string of the molecule is O=C(NCCC(=O)N1CCN(c2ccccc2)CC1)c1cc([N+](=O)[O-])ccc1N1CCOCC1. The number of nitro benzene ring substituents is 1. The Morgan fingerprint density at radius 2 is 1.65 bits per heavy atom. The highest BCUT2D eigenvalue weighted by Crippen LogP contribution is 2.26. The van der Waals surface area contributed by atoms with E-state index in [9.17, 15) is 19.7 Å². The molecule has 4 rings (SSSR count). The van der Waals surface area contributed by atoms with Gasteiger partial charge in [0.2, 0.25) is 5.91 Å². The van der Waals surface area contributed by atoms with Gasteiger partial charge < -0.3 is 24.8 Å². The molecule has 2 aliphatic rings. The minimum Gasteiger partial charge on any atom is -0.378 e. The summed E-state index contributed by atoms with van der Waals surface area (Å²) in [6.07, 6.45) is 0.179. The van der Waals surface area contributed by atoms with Crippen molar-refractivity contribution in [2.45, 2.75) is 6.42 Å². The summed E-state index contributed by atoms with van der Waals surface area (Å²) in [7, 11) is 0. The summed E-state index contributed by atoms with van der Waals surface area (Å²) in [6.45, 7) is 5.23. The Morgan fingerprint density at radius 3 is 2.32 bits per heavy atom. The van der Waals surface area contributed by atoms with Gasteiger partial charge in [0.15, 0.2) is 0 Å². The zero-order valence-electron chi connectivity index (χ0n) is 19.0. The lowest BCUT2D eigenvalue weighted by atomic mass is 10.1. The first-order valence-electron chi connectivity index (χ1n) is 11.5. The topological polar surface area (TPSA) is 108 Å². The lowest BCUT2D eigenvalue weighted by Gasteiger charge is -2.36. The fraction of sp³-hybridized carbons (Fsp3) is 0.417. The number of nitrogens with one attached hydrogen (secondary N) is 1. The molecule has 0 saturated carbocycles. The standard InChI is InChI=1S/C24H29N5O5/c30-23(28-12-10-26(11-13-28)19-4-2-1-3-5-19)8-9-25-24(31)21-18-20(29(32)33)6-7-22(21)27-14-16-34-17-15-27/h1-7,18H,8-17H2,(H,25,31). The highest BCUT2D eigenvalue weighted by molar-refractivity contribution is 6.00. The zero-order chi connectivity index (χ0) is 23.9. The average molecular weight is 468 g/mol. The third kappa shape index (κ3) is 5.63. The number of non-ortho nitro benzene ring substituents is 1. The molecule has 34 heavy (non-hydrogen) atoms. The van der Waals surface area contributed by atoms with Crippen LogP contribution in [0.4, 0.5) is 17.1 Å². The predicted octanol–water partition coefficient (Wildman–Crippen LogP) is 1.90. The van der Waals surface area contributed by atoms with Gasteiger partial charge in [-0.05, 0) is 18.2 Å². The molecule has 2 amide bonds. The molecule has 0 atom stereocenters. The van der Waals surface area contributed by atoms with Crippen LogP contribution in [0.25, 0.3) is 0 Å². The smallest absolute Gasteiger partial charge is 0.270 e. The Labute approximate surface area is 198 Å². The summed E-state index contributed by atoms with van der Waals surface area (Å²) in [5.74, 6) is -0.438. The third-order valence-corrected chi connectivity index (χ3v) is 6.17. The van der Waals surface area contributed by atoms with E-state index in [0.29, 0.717) is 45.1 Å². The summed E-state index contributed by atoms with van der Waals surface area (Å²) in [5, 5.41) is 14.0. The molecular formula is C24H29N5O5. The van der Waals surface area contributed by atoms with Crippen LogP contribution in [0.5, 0.6) is 0 Å². The maximum atomic E-state index is 12.9. The van der Waals surface area contributed by atoms with Crippen molar-refractivity contribution >= 4 is 28.9 Å². The first kappa shape index (κ1) is 23.5. The summed E-state index contributed by atoms with van der Waals surface area (Å²) in [5.41, 5.74) is 1.87. The minimum absolute atomic E-state index is 0.0135. The first-order valence-corrected chi connectivity index (χ1v) is 11.5. The summed E-state index contributed by atoms with van der Waals surface area (Å²) < 4.78 is 5.37. The van der Waals surface area contributed by atoms with E-state index in [4.69, 9.17) is 4.74 Å². The van der Waals surface area contributed by atoms with Gasteiger partial charge in [-0.25, -0.2) is 0 Å². The fourth-order valence-electron chi connectivity index (χ4n) is 4.29. The van der Waals surface area contributed by atoms with Crippen LogP contribution >= 0.6 is 0 Å². The minimum atomic E-state index is -0.515. The molecule has 2 aliphatic heterocycles. The number of hydrogen-bond acceptors (Lipinski definition) is 7. The zero-order valence-corrected chi connectivity index (χ0v) is 19.0. The molecule has 2 fully saturated rings. The van der Waals surface area contributed by atoms with Crippen LogP contribution in [0.2, 0.25) is 0 Å². The lowest BCUT2D eigenvalue weighted by Crippen LogP contribution is -2.49. The molecule has 0 aromatic heterocycles. The van der Waals surface area contributed by atoms with Crippen molar-refractivity contribution in [3.8, 4) is 0 Å². The number of anilines is 2. The van der Waals surface area contributed by atoms with Gasteiger partial charge >= 0.3 is 0 Å². The first-order chi connectivity index (χ1) is 16.5. The van der Waals surface area contributed by atoms with Crippen molar-refractivity contribution in [2.75, 3.05) is 68.8 Å². The van der Waals surface area contributed by atoms with Crippen LogP contribution in [0.15, 0.2) is 48.5 Å². The lowest BCUT2D eigenvalue weighted by molar-refractivity contribution is -0.384. The van der Waals surface area contributed by atoms with Gasteiger partial charge in [0.1, 0.15) is 0 Å². The molecule has 1 N–H and O–H groups in total. The van der Waals surface area contributed by atoms with E-state index in [1.807, 2.05) is 28.0 Å². The quantitative estimate of drug-likeness (QED) is 0.489. The highest BCUT2D eigenvalue weighted by Gasteiger charge is 2.24. The maximum Gasteiger partial charge on any atom is 0.270 e. The summed E-state index contributed by atoms with van der Waals surface area (Å²) >= 11 is 0. The Bertz CT molecular complexity index is 1020. The Morgan fingerprint density at radius 1 is 0.941 bits per heavy atom. The molecule has 0 radical (unpaired) electrons. The normalized spacial score (nSPS) is 16.3. The van der Waals surface area contributed by atoms with Crippen LogP contribution in [0.3, 0.4) is 0 Å². The molecule has 0 aliphatic carbocycles. The molecule has 10 heteroatoms. The van der Waals surface area contributed by atoms with E-state index < -0.39 is 10.8 Å². The summed E-state index contributed by atoms with van der Waals surface area (Å²) in [6, 6.07) is 14.4. The molecule has 180 valence electrons. The monoisotopic (exact) mass is 467 g/mol. The number of piperazine rings is 1. The van der Waals surface area contributed by atoms with Gasteiger partial charge in [-0.3, -0.25) is 19.7 Å². The second-order valence-electron chi connectivity index (χ2n) is 8.27. The van der Waals surface area contributed by atoms with Gasteiger partial charge in [-0.15, -0.1) is 0 Å². The number of hydrogen-bond donors (Lipinski definition) is 1. The van der Waals surface area contributed by atoms with Gasteiger partial charge in [0, 0.05) is 70.1 Å². The molecule has 0 spiro atoms. The third-order valence-electron chi connectivity index (χ3n) is 6.17. The number of nitro groups is 1. The van der Waals surface area contributed by atoms with Crippen molar-refractivity contribution in [2.24, 2.45) is 0 Å². The molecule has 2 aromatic rings. The van der Waals surface area contributed by atoms with E-state index in [2.05, 4.69) is 22.3 Å². The Hall–Kier alpha value is -3.66. The molecule has 0 unspecified atom stereocenters. The fourth-order valence-corrected chi connectivity index (χ4v) is 4.29. The Balaban J connectivity index is 1.31. The highest BCUT2D eigenvalue weighted by atomic mass is 16.6. The van der Waals surface area contributed by atoms with Crippen LogP contribution in [0, 0.1) is 10.1 Å². The number of nitrogens with zero attached hydrogens (tertiary/aromatic N) is 4. The van der Waals surface area contributed by atoms with Gasteiger partial charge in [0.25, 0.3) is 11.6 Å². The van der Waals surface area contributed by atoms with E-state index in [1.54, 1.807) is 6.07 Å². The number of ether oxygens (including phenoxy) is 1. The molecule has 2 saturated heterocycles. The van der Waals surface area contributed by atoms with E-state index >= 15 is 0 Å². The van der Waals surface area contributed by atoms with Crippen LogP contribution in [-0.2, 0) is 9.53 Å². The van der Waals surface area contributed by atoms with E-state index in [1.165, 1.54) is 12.1 Å². The molecule has 2 aromatic carbocycles. The van der Waals surface area contributed by atoms with Gasteiger partial charge in [0.05, 0.1) is 29.4 Å². The van der Waals surface area contributed by atoms with Crippen LogP contribution in [0.1, 0.15) is 16.8 Å². The largest absolute Gasteiger partial charge is 0.378 e. The molecule has 0 bridgehead atoms. The Kier molecular flexibility index (Phi) is 7.58. The maximum absolute atomic E-state index is 12.9. The number of carbonyl (C=O) groups excluding carboxylic acids is 2. The molecule has 10 nitrogen and oxygen atoms in total. The number of rotatable bonds is 7. The van der Waals surface area contributed by atoms with Crippen molar-refractivity contribution in [1.29, 1.82) is 0 Å². The number of amides is 2. The van der Waals surface area contributed by atoms with Crippen molar-refractivity contribution < 1.29 is 19.2 Å². The predicted molar refractivity (Wildman–Crippen MR) is 128 cm³/mol. The van der Waals surface area contributed by atoms with Crippen molar-refractivity contribution in [1.82, 2.24) is 10.2 Å². The average Bonchev–Trinajstić information content (AvgIpc) is 2.89. The second-order valence-corrected chi connectivity index (χ2v) is 8.27. The van der Waals surface area contributed by atoms with Crippen LogP contribution < -0.4 is 15.1 Å². The molecule has 2 heterocycles. The van der Waals surface area contributed by atoms with Crippen molar-refractivity contribution in [3.05, 3.63) is 64.2 Å². The number of para-hydroxylation sites is 1. The van der Waals surface area contributed by atoms with Crippen molar-refractivity contribution in [3.63, 3.8) is 0 Å². The van der Waals surface area contributed by atoms with E-state index in [-0.39, 0.29) is 30.1 Å². The van der Waals surface area contributed by atoms with Crippen LogP contribution in [-0.4, -0.2) is 80.7 Å². The number of benzene rings is 2. The number of morpholine rings is 1. The second kappa shape index (κ2) is 11.0. The molecular weight excluding hydrogens is 438 g/mol. The summed E-state index contributed by atoms with van der Waals surface area (Å²) in [4.78, 5) is 42.4.